The fourth-order valence-corrected chi connectivity index (χ4v) is 4.16. The summed E-state index contributed by atoms with van der Waals surface area (Å²) in [5.74, 6) is -0.761. The van der Waals surface area contributed by atoms with Gasteiger partial charge in [-0.15, -0.1) is 0 Å². The first-order valence-electron chi connectivity index (χ1n) is 11.2. The summed E-state index contributed by atoms with van der Waals surface area (Å²) in [4.78, 5) is 13.2. The number of aryl methyl sites for hydroxylation is 2. The van der Waals surface area contributed by atoms with Gasteiger partial charge in [0.2, 0.25) is 0 Å². The van der Waals surface area contributed by atoms with Crippen LogP contribution in [0.5, 0.6) is 0 Å². The van der Waals surface area contributed by atoms with Crippen LogP contribution in [0.1, 0.15) is 47.1 Å². The molecule has 0 aliphatic carbocycles. The minimum atomic E-state index is -0.860. The minimum Gasteiger partial charge on any atom is -0.480 e. The van der Waals surface area contributed by atoms with Crippen molar-refractivity contribution in [1.82, 2.24) is 4.90 Å². The van der Waals surface area contributed by atoms with Crippen LogP contribution in [0.2, 0.25) is 0 Å². The zero-order chi connectivity index (χ0) is 22.9. The summed E-state index contributed by atoms with van der Waals surface area (Å²) in [6, 6.07) is 27.2. The molecule has 0 aromatic heterocycles. The van der Waals surface area contributed by atoms with Crippen LogP contribution in [-0.2, 0) is 22.6 Å². The first kappa shape index (κ1) is 23.7. The Labute approximate surface area is 191 Å². The Bertz CT molecular complexity index is 949. The van der Waals surface area contributed by atoms with E-state index in [-0.39, 0.29) is 18.7 Å². The molecular weight excluding hydrogens is 398 g/mol. The van der Waals surface area contributed by atoms with Gasteiger partial charge in [0.1, 0.15) is 6.23 Å². The topological polar surface area (TPSA) is 49.8 Å². The van der Waals surface area contributed by atoms with Crippen LogP contribution in [0.15, 0.2) is 78.9 Å². The molecule has 0 unspecified atom stereocenters. The van der Waals surface area contributed by atoms with Crippen molar-refractivity contribution in [3.8, 4) is 0 Å². The van der Waals surface area contributed by atoms with Crippen LogP contribution in [0.4, 0.5) is 0 Å². The number of carbonyl (C=O) groups is 1. The smallest absolute Gasteiger partial charge is 0.317 e. The Morgan fingerprint density at radius 3 is 2.03 bits per heavy atom. The third-order valence-electron chi connectivity index (χ3n) is 5.77. The van der Waals surface area contributed by atoms with Crippen molar-refractivity contribution in [2.24, 2.45) is 0 Å². The van der Waals surface area contributed by atoms with Gasteiger partial charge in [0, 0.05) is 5.92 Å². The van der Waals surface area contributed by atoms with E-state index >= 15 is 0 Å². The van der Waals surface area contributed by atoms with Crippen LogP contribution in [0.25, 0.3) is 0 Å². The van der Waals surface area contributed by atoms with Crippen molar-refractivity contribution >= 4 is 5.97 Å². The van der Waals surface area contributed by atoms with Gasteiger partial charge in [0.15, 0.2) is 0 Å². The van der Waals surface area contributed by atoms with Crippen LogP contribution >= 0.6 is 0 Å². The third kappa shape index (κ3) is 6.78. The van der Waals surface area contributed by atoms with Gasteiger partial charge in [-0.25, -0.2) is 0 Å². The second kappa shape index (κ2) is 11.6. The van der Waals surface area contributed by atoms with Crippen molar-refractivity contribution in [2.75, 3.05) is 13.6 Å². The molecule has 0 aliphatic heterocycles. The number of hydrogen-bond acceptors (Lipinski definition) is 3. The summed E-state index contributed by atoms with van der Waals surface area (Å²) >= 11 is 0. The van der Waals surface area contributed by atoms with E-state index in [1.165, 1.54) is 22.3 Å². The van der Waals surface area contributed by atoms with Crippen molar-refractivity contribution in [3.63, 3.8) is 0 Å². The molecule has 32 heavy (non-hydrogen) atoms. The number of ether oxygens (including phenoxy) is 1. The molecule has 1 N–H and O–H groups in total. The summed E-state index contributed by atoms with van der Waals surface area (Å²) in [6.45, 7) is 4.61. The number of nitrogens with zero attached hydrogens (tertiary/aromatic N) is 1. The first-order chi connectivity index (χ1) is 15.5. The maximum absolute atomic E-state index is 11.4. The molecule has 168 valence electrons. The average Bonchev–Trinajstić information content (AvgIpc) is 2.79. The molecule has 0 bridgehead atoms. The molecule has 0 radical (unpaired) electrons. The highest BCUT2D eigenvalue weighted by Crippen LogP contribution is 2.31. The lowest BCUT2D eigenvalue weighted by molar-refractivity contribution is -0.143. The summed E-state index contributed by atoms with van der Waals surface area (Å²) in [6.07, 6.45) is 1.29. The van der Waals surface area contributed by atoms with Crippen molar-refractivity contribution < 1.29 is 14.6 Å². The Morgan fingerprint density at radius 2 is 1.50 bits per heavy atom. The van der Waals surface area contributed by atoms with Gasteiger partial charge in [-0.05, 0) is 49.1 Å². The predicted molar refractivity (Wildman–Crippen MR) is 129 cm³/mol. The second-order valence-corrected chi connectivity index (χ2v) is 8.36. The number of aliphatic carboxylic acids is 1. The molecule has 3 rings (SSSR count). The van der Waals surface area contributed by atoms with Gasteiger partial charge < -0.3 is 9.84 Å². The van der Waals surface area contributed by atoms with Crippen LogP contribution in [-0.4, -0.2) is 35.8 Å². The molecule has 0 aliphatic rings. The Kier molecular flexibility index (Phi) is 8.60. The van der Waals surface area contributed by atoms with Crippen LogP contribution in [0.3, 0.4) is 0 Å². The largest absolute Gasteiger partial charge is 0.480 e. The zero-order valence-corrected chi connectivity index (χ0v) is 19.2. The maximum atomic E-state index is 11.4. The van der Waals surface area contributed by atoms with E-state index in [4.69, 9.17) is 4.74 Å². The van der Waals surface area contributed by atoms with Crippen molar-refractivity contribution in [1.29, 1.82) is 0 Å². The summed E-state index contributed by atoms with van der Waals surface area (Å²) < 4.78 is 6.38. The number of benzene rings is 3. The highest BCUT2D eigenvalue weighted by molar-refractivity contribution is 5.69. The van der Waals surface area contributed by atoms with E-state index in [0.717, 1.165) is 12.0 Å². The fraction of sp³-hybridized carbons (Fsp3) is 0.321. The number of likely N-dealkylation sites (N-methyl/N-ethyl adjacent to an activating group) is 1. The van der Waals surface area contributed by atoms with E-state index in [0.29, 0.717) is 13.0 Å². The molecule has 0 fully saturated rings. The third-order valence-corrected chi connectivity index (χ3v) is 5.77. The van der Waals surface area contributed by atoms with E-state index in [1.807, 2.05) is 43.4 Å². The monoisotopic (exact) mass is 431 g/mol. The minimum absolute atomic E-state index is 0.0744. The Morgan fingerprint density at radius 1 is 0.938 bits per heavy atom. The highest BCUT2D eigenvalue weighted by Gasteiger charge is 2.25. The lowest BCUT2D eigenvalue weighted by atomic mass is 9.88. The molecule has 4 heteroatoms. The lowest BCUT2D eigenvalue weighted by Crippen LogP contribution is -2.39. The van der Waals surface area contributed by atoms with Gasteiger partial charge in [-0.3, -0.25) is 9.69 Å². The van der Waals surface area contributed by atoms with E-state index in [9.17, 15) is 9.90 Å². The molecule has 3 aromatic carbocycles. The molecule has 0 spiro atoms. The molecule has 0 saturated carbocycles. The fourth-order valence-electron chi connectivity index (χ4n) is 4.16. The number of carboxylic acid groups (broad SMARTS) is 1. The van der Waals surface area contributed by atoms with Gasteiger partial charge in [0.25, 0.3) is 0 Å². The average molecular weight is 432 g/mol. The number of carboxylic acids is 1. The Balaban J connectivity index is 1.86. The molecule has 3 aromatic rings. The lowest BCUT2D eigenvalue weighted by Gasteiger charge is -2.31. The first-order valence-corrected chi connectivity index (χ1v) is 11.2. The molecule has 1 atom stereocenters. The van der Waals surface area contributed by atoms with E-state index < -0.39 is 5.97 Å². The normalized spacial score (nSPS) is 12.3. The maximum Gasteiger partial charge on any atom is 0.317 e. The van der Waals surface area contributed by atoms with Crippen molar-refractivity contribution in [2.45, 2.75) is 45.4 Å². The van der Waals surface area contributed by atoms with Crippen LogP contribution < -0.4 is 0 Å². The molecule has 4 nitrogen and oxygen atoms in total. The number of rotatable bonds is 11. The quantitative estimate of drug-likeness (QED) is 0.399. The SMILES string of the molecule is CCc1cc(C)cc(CO[C@@H](CC(c2ccccc2)c2ccccc2)N(C)CC(=O)O)c1. The van der Waals surface area contributed by atoms with E-state index in [2.05, 4.69) is 56.3 Å². The van der Waals surface area contributed by atoms with Crippen LogP contribution in [0, 0.1) is 6.92 Å². The van der Waals surface area contributed by atoms with Gasteiger partial charge in [-0.1, -0.05) is 91.3 Å². The van der Waals surface area contributed by atoms with Gasteiger partial charge in [0.05, 0.1) is 13.2 Å². The molecule has 0 heterocycles. The summed E-state index contributed by atoms with van der Waals surface area (Å²) in [5.41, 5.74) is 6.00. The molecular formula is C28H33NO3. The zero-order valence-electron chi connectivity index (χ0n) is 19.2. The summed E-state index contributed by atoms with van der Waals surface area (Å²) in [7, 11) is 1.82. The standard InChI is InChI=1S/C28H33NO3/c1-4-22-15-21(2)16-23(17-22)20-32-27(29(3)19-28(30)31)18-26(24-11-7-5-8-12-24)25-13-9-6-10-14-25/h5-17,26-27H,4,18-20H2,1-3H3,(H,30,31)/t27-/m0/s1. The van der Waals surface area contributed by atoms with Gasteiger partial charge >= 0.3 is 5.97 Å². The Hall–Kier alpha value is -2.95. The van der Waals surface area contributed by atoms with Gasteiger partial charge in [-0.2, -0.15) is 0 Å². The number of hydrogen-bond donors (Lipinski definition) is 1. The molecule has 0 saturated heterocycles. The predicted octanol–water partition coefficient (Wildman–Crippen LogP) is 5.64. The van der Waals surface area contributed by atoms with Crippen molar-refractivity contribution in [3.05, 3.63) is 107 Å². The molecule has 0 amide bonds. The summed E-state index contributed by atoms with van der Waals surface area (Å²) in [5, 5.41) is 9.39. The highest BCUT2D eigenvalue weighted by atomic mass is 16.5. The second-order valence-electron chi connectivity index (χ2n) is 8.36. The van der Waals surface area contributed by atoms with E-state index in [1.54, 1.807) is 4.90 Å².